The lowest BCUT2D eigenvalue weighted by Crippen LogP contribution is -2.31. The normalized spacial score (nSPS) is 12.9. The first-order chi connectivity index (χ1) is 14.3. The number of anilines is 2. The predicted molar refractivity (Wildman–Crippen MR) is 113 cm³/mol. The number of nitrogens with one attached hydrogen (secondary N) is 2. The number of thiazole rings is 1. The van der Waals surface area contributed by atoms with Crippen LogP contribution in [0.5, 0.6) is 0 Å². The second-order valence-corrected chi connectivity index (χ2v) is 7.97. The lowest BCUT2D eigenvalue weighted by molar-refractivity contribution is -0.137. The van der Waals surface area contributed by atoms with Crippen molar-refractivity contribution in [1.82, 2.24) is 15.2 Å². The second kappa shape index (κ2) is 7.96. The molecule has 2 aromatic heterocycles. The Kier molecular flexibility index (Phi) is 5.35. The van der Waals surface area contributed by atoms with Gasteiger partial charge in [0.1, 0.15) is 0 Å². The van der Waals surface area contributed by atoms with E-state index in [4.69, 9.17) is 11.5 Å². The summed E-state index contributed by atoms with van der Waals surface area (Å²) in [5.74, 6) is 0.463. The van der Waals surface area contributed by atoms with Crippen LogP contribution in [0, 0.1) is 0 Å². The van der Waals surface area contributed by atoms with Gasteiger partial charge >= 0.3 is 6.18 Å². The molecule has 0 aliphatic rings. The van der Waals surface area contributed by atoms with Crippen molar-refractivity contribution in [3.8, 4) is 10.4 Å². The van der Waals surface area contributed by atoms with E-state index in [0.29, 0.717) is 18.8 Å². The highest BCUT2D eigenvalue weighted by Gasteiger charge is 2.29. The zero-order chi connectivity index (χ0) is 21.3. The molecule has 10 heteroatoms. The first-order valence-electron chi connectivity index (χ1n) is 9.15. The number of nitrogens with two attached hydrogens (primary N) is 2. The van der Waals surface area contributed by atoms with Gasteiger partial charge in [0.05, 0.1) is 16.0 Å². The summed E-state index contributed by atoms with van der Waals surface area (Å²) in [5, 5.41) is 11.7. The van der Waals surface area contributed by atoms with Crippen molar-refractivity contribution in [3.63, 3.8) is 0 Å². The summed E-state index contributed by atoms with van der Waals surface area (Å²) in [4.78, 5) is 5.35. The van der Waals surface area contributed by atoms with Crippen LogP contribution in [0.2, 0.25) is 0 Å². The third-order valence-corrected chi connectivity index (χ3v) is 5.68. The maximum absolute atomic E-state index is 12.6. The van der Waals surface area contributed by atoms with Gasteiger partial charge in [0.15, 0.2) is 10.9 Å². The largest absolute Gasteiger partial charge is 0.416 e. The van der Waals surface area contributed by atoms with E-state index in [1.54, 1.807) is 6.20 Å². The molecule has 6 N–H and O–H groups in total. The molecule has 1 atom stereocenters. The average molecular weight is 432 g/mol. The van der Waals surface area contributed by atoms with E-state index in [-0.39, 0.29) is 6.04 Å². The number of nitrogen functional groups attached to an aromatic ring is 1. The molecule has 6 nitrogen and oxygen atoms in total. The summed E-state index contributed by atoms with van der Waals surface area (Å²) in [5.41, 5.74) is 13.9. The Morgan fingerprint density at radius 2 is 1.90 bits per heavy atom. The van der Waals surface area contributed by atoms with Crippen LogP contribution in [-0.2, 0) is 12.6 Å². The summed E-state index contributed by atoms with van der Waals surface area (Å²) in [6.07, 6.45) is -2.10. The van der Waals surface area contributed by atoms with Crippen LogP contribution in [0.3, 0.4) is 0 Å². The molecule has 0 spiro atoms. The van der Waals surface area contributed by atoms with Crippen LogP contribution in [0.15, 0.2) is 48.7 Å². The third-order valence-electron chi connectivity index (χ3n) is 4.68. The summed E-state index contributed by atoms with van der Waals surface area (Å²) in [6, 6.07) is 10.6. The standard InChI is InChI=1S/C20H19F3N6S/c21-20(22,23)13-4-1-11(2-5-13)7-14(24)9-26-19-27-10-17(30-19)12-3-6-15-16(8-12)28-29-18(15)25/h1-6,8,10,14H,7,9,24H2,(H,26,27)(H3,25,28,29). The van der Waals surface area contributed by atoms with E-state index >= 15 is 0 Å². The molecule has 4 rings (SSSR count). The van der Waals surface area contributed by atoms with E-state index in [0.717, 1.165) is 44.2 Å². The first kappa shape index (κ1) is 20.2. The summed E-state index contributed by atoms with van der Waals surface area (Å²) >= 11 is 1.49. The Morgan fingerprint density at radius 3 is 2.63 bits per heavy atom. The number of fused-ring (bicyclic) bond motifs is 1. The molecule has 0 saturated heterocycles. The summed E-state index contributed by atoms with van der Waals surface area (Å²) < 4.78 is 37.9. The van der Waals surface area contributed by atoms with Gasteiger partial charge in [0.2, 0.25) is 0 Å². The molecule has 30 heavy (non-hydrogen) atoms. The van der Waals surface area contributed by atoms with Crippen molar-refractivity contribution in [1.29, 1.82) is 0 Å². The van der Waals surface area contributed by atoms with E-state index < -0.39 is 11.7 Å². The van der Waals surface area contributed by atoms with Gasteiger partial charge in [-0.2, -0.15) is 18.3 Å². The Balaban J connectivity index is 1.35. The minimum Gasteiger partial charge on any atom is -0.382 e. The van der Waals surface area contributed by atoms with Crippen molar-refractivity contribution < 1.29 is 13.2 Å². The summed E-state index contributed by atoms with van der Waals surface area (Å²) in [6.45, 7) is 0.449. The molecular formula is C20H19F3N6S. The number of rotatable bonds is 6. The van der Waals surface area contributed by atoms with Crippen molar-refractivity contribution >= 4 is 33.2 Å². The molecule has 4 aromatic rings. The quantitative estimate of drug-likeness (QED) is 0.364. The molecule has 0 aliphatic heterocycles. The van der Waals surface area contributed by atoms with Crippen molar-refractivity contribution in [2.45, 2.75) is 18.6 Å². The number of H-pyrrole nitrogens is 1. The van der Waals surface area contributed by atoms with E-state index in [1.807, 2.05) is 18.2 Å². The fraction of sp³-hybridized carbons (Fsp3) is 0.200. The smallest absolute Gasteiger partial charge is 0.382 e. The van der Waals surface area contributed by atoms with Gasteiger partial charge in [0, 0.05) is 24.2 Å². The molecule has 156 valence electrons. The second-order valence-electron chi connectivity index (χ2n) is 6.94. The van der Waals surface area contributed by atoms with Gasteiger partial charge in [-0.1, -0.05) is 29.5 Å². The highest BCUT2D eigenvalue weighted by atomic mass is 32.1. The van der Waals surface area contributed by atoms with Crippen molar-refractivity contribution in [2.75, 3.05) is 17.6 Å². The van der Waals surface area contributed by atoms with Gasteiger partial charge in [0.25, 0.3) is 0 Å². The maximum atomic E-state index is 12.6. The molecule has 0 bridgehead atoms. The molecule has 0 saturated carbocycles. The van der Waals surface area contributed by atoms with E-state index in [2.05, 4.69) is 20.5 Å². The number of aromatic amines is 1. The maximum Gasteiger partial charge on any atom is 0.416 e. The highest BCUT2D eigenvalue weighted by Crippen LogP contribution is 2.32. The molecule has 2 aromatic carbocycles. The lowest BCUT2D eigenvalue weighted by Gasteiger charge is -2.13. The minimum absolute atomic E-state index is 0.265. The van der Waals surface area contributed by atoms with Crippen LogP contribution in [0.4, 0.5) is 24.1 Å². The van der Waals surface area contributed by atoms with E-state index in [1.165, 1.54) is 23.5 Å². The molecule has 1 unspecified atom stereocenters. The minimum atomic E-state index is -4.33. The third kappa shape index (κ3) is 4.39. The van der Waals surface area contributed by atoms with Crippen molar-refractivity contribution in [2.24, 2.45) is 5.73 Å². The number of hydrogen-bond donors (Lipinski definition) is 4. The molecule has 2 heterocycles. The van der Waals surface area contributed by atoms with Crippen LogP contribution in [0.25, 0.3) is 21.3 Å². The van der Waals surface area contributed by atoms with Gasteiger partial charge < -0.3 is 16.8 Å². The Labute approximate surface area is 174 Å². The summed E-state index contributed by atoms with van der Waals surface area (Å²) in [7, 11) is 0. The number of halogens is 3. The SMILES string of the molecule is Nc1n[nH]c2cc(-c3cnc(NCC(N)Cc4ccc(C(F)(F)F)cc4)s3)ccc12. The molecule has 0 aliphatic carbocycles. The average Bonchev–Trinajstić information content (AvgIpc) is 3.33. The predicted octanol–water partition coefficient (Wildman–Crippen LogP) is 4.27. The number of hydrogen-bond acceptors (Lipinski definition) is 6. The number of nitrogens with zero attached hydrogens (tertiary/aromatic N) is 2. The Hall–Kier alpha value is -3.11. The fourth-order valence-electron chi connectivity index (χ4n) is 3.11. The Bertz CT molecular complexity index is 1150. The van der Waals surface area contributed by atoms with Crippen LogP contribution in [-0.4, -0.2) is 27.8 Å². The number of aromatic nitrogens is 3. The number of benzene rings is 2. The van der Waals surface area contributed by atoms with Gasteiger partial charge in [-0.3, -0.25) is 5.10 Å². The van der Waals surface area contributed by atoms with Gasteiger partial charge in [-0.05, 0) is 41.8 Å². The molecular weight excluding hydrogens is 413 g/mol. The van der Waals surface area contributed by atoms with Crippen LogP contribution < -0.4 is 16.8 Å². The Morgan fingerprint density at radius 1 is 1.13 bits per heavy atom. The molecule has 0 fully saturated rings. The molecule has 0 radical (unpaired) electrons. The van der Waals surface area contributed by atoms with Crippen LogP contribution in [0.1, 0.15) is 11.1 Å². The zero-order valence-corrected chi connectivity index (χ0v) is 16.5. The topological polar surface area (TPSA) is 106 Å². The first-order valence-corrected chi connectivity index (χ1v) is 9.96. The van der Waals surface area contributed by atoms with Gasteiger partial charge in [-0.25, -0.2) is 4.98 Å². The fourth-order valence-corrected chi connectivity index (χ4v) is 3.93. The van der Waals surface area contributed by atoms with E-state index in [9.17, 15) is 13.2 Å². The van der Waals surface area contributed by atoms with Crippen LogP contribution >= 0.6 is 11.3 Å². The number of alkyl halides is 3. The lowest BCUT2D eigenvalue weighted by atomic mass is 10.0. The van der Waals surface area contributed by atoms with Gasteiger partial charge in [-0.15, -0.1) is 0 Å². The molecule has 0 amide bonds. The highest BCUT2D eigenvalue weighted by molar-refractivity contribution is 7.18. The monoisotopic (exact) mass is 432 g/mol. The zero-order valence-electron chi connectivity index (χ0n) is 15.7. The van der Waals surface area contributed by atoms with Crippen molar-refractivity contribution in [3.05, 3.63) is 59.8 Å².